The van der Waals surface area contributed by atoms with Crippen molar-refractivity contribution in [1.82, 2.24) is 4.72 Å². The van der Waals surface area contributed by atoms with Crippen molar-refractivity contribution in [1.29, 1.82) is 0 Å². The zero-order valence-electron chi connectivity index (χ0n) is 13.4. The number of amides is 1. The Labute approximate surface area is 140 Å². The molecule has 1 aromatic rings. The van der Waals surface area contributed by atoms with Gasteiger partial charge in [-0.05, 0) is 24.3 Å². The van der Waals surface area contributed by atoms with Crippen molar-refractivity contribution in [3.05, 3.63) is 24.3 Å². The van der Waals surface area contributed by atoms with Crippen LogP contribution in [0.3, 0.4) is 0 Å². The number of hydrogen-bond acceptors (Lipinski definition) is 6. The molecule has 1 aromatic carbocycles. The predicted molar refractivity (Wildman–Crippen MR) is 85.1 cm³/mol. The molecule has 0 radical (unpaired) electrons. The SMILES string of the molecule is CO[C@@H]1CO[C@H]2[C@H]1OC[C@H]2NS(=O)(=O)c1ccc(NC(C)=O)cc1. The van der Waals surface area contributed by atoms with Gasteiger partial charge in [0.2, 0.25) is 15.9 Å². The fourth-order valence-corrected chi connectivity index (χ4v) is 4.19. The number of carbonyl (C=O) groups is 1. The van der Waals surface area contributed by atoms with Gasteiger partial charge in [-0.3, -0.25) is 4.79 Å². The Morgan fingerprint density at radius 1 is 1.17 bits per heavy atom. The normalized spacial score (nSPS) is 29.4. The molecule has 4 atom stereocenters. The van der Waals surface area contributed by atoms with E-state index in [4.69, 9.17) is 14.2 Å². The largest absolute Gasteiger partial charge is 0.376 e. The lowest BCUT2D eigenvalue weighted by atomic mass is 10.1. The lowest BCUT2D eigenvalue weighted by molar-refractivity contribution is -0.114. The number of hydrogen-bond donors (Lipinski definition) is 2. The molecule has 8 nitrogen and oxygen atoms in total. The standard InChI is InChI=1S/C15H20N2O6S/c1-9(18)16-10-3-5-11(6-4-10)24(19,20)17-12-7-22-15-13(21-2)8-23-14(12)15/h3-6,12-15,17H,7-8H2,1-2H3,(H,16,18)/t12-,13-,14-,15+/m1/s1. The Bertz CT molecular complexity index is 705. The monoisotopic (exact) mass is 356 g/mol. The van der Waals surface area contributed by atoms with Crippen LogP contribution in [0.4, 0.5) is 5.69 Å². The molecule has 132 valence electrons. The van der Waals surface area contributed by atoms with Crippen LogP contribution in [0.1, 0.15) is 6.92 Å². The van der Waals surface area contributed by atoms with Gasteiger partial charge >= 0.3 is 0 Å². The molecule has 2 heterocycles. The molecule has 2 fully saturated rings. The summed E-state index contributed by atoms with van der Waals surface area (Å²) in [6, 6.07) is 5.49. The third-order valence-corrected chi connectivity index (χ3v) is 5.61. The van der Waals surface area contributed by atoms with Crippen molar-refractivity contribution in [3.63, 3.8) is 0 Å². The summed E-state index contributed by atoms with van der Waals surface area (Å²) in [6.45, 7) is 2.01. The highest BCUT2D eigenvalue weighted by Gasteiger charge is 2.49. The summed E-state index contributed by atoms with van der Waals surface area (Å²) in [5, 5.41) is 2.59. The fourth-order valence-electron chi connectivity index (χ4n) is 2.96. The highest BCUT2D eigenvalue weighted by atomic mass is 32.2. The van der Waals surface area contributed by atoms with Crippen LogP contribution in [0.5, 0.6) is 0 Å². The van der Waals surface area contributed by atoms with E-state index in [1.807, 2.05) is 0 Å². The molecule has 9 heteroatoms. The van der Waals surface area contributed by atoms with Crippen LogP contribution >= 0.6 is 0 Å². The molecular weight excluding hydrogens is 336 g/mol. The maximum Gasteiger partial charge on any atom is 0.240 e. The molecule has 0 unspecified atom stereocenters. The topological polar surface area (TPSA) is 103 Å². The quantitative estimate of drug-likeness (QED) is 0.776. The molecule has 3 rings (SSSR count). The first-order chi connectivity index (χ1) is 11.4. The number of benzene rings is 1. The molecule has 0 aliphatic carbocycles. The van der Waals surface area contributed by atoms with Crippen molar-refractivity contribution in [3.8, 4) is 0 Å². The van der Waals surface area contributed by atoms with Crippen molar-refractivity contribution in [2.75, 3.05) is 25.6 Å². The van der Waals surface area contributed by atoms with Crippen molar-refractivity contribution >= 4 is 21.6 Å². The number of methoxy groups -OCH3 is 1. The zero-order valence-corrected chi connectivity index (χ0v) is 14.2. The number of ether oxygens (including phenoxy) is 3. The Morgan fingerprint density at radius 2 is 1.83 bits per heavy atom. The summed E-state index contributed by atoms with van der Waals surface area (Å²) in [5.74, 6) is -0.219. The molecule has 1 amide bonds. The Morgan fingerprint density at radius 3 is 2.46 bits per heavy atom. The van der Waals surface area contributed by atoms with Gasteiger partial charge in [0.1, 0.15) is 18.3 Å². The average Bonchev–Trinajstić information content (AvgIpc) is 3.10. The van der Waals surface area contributed by atoms with Crippen molar-refractivity contribution in [2.24, 2.45) is 0 Å². The fraction of sp³-hybridized carbons (Fsp3) is 0.533. The number of nitrogens with one attached hydrogen (secondary N) is 2. The van der Waals surface area contributed by atoms with Crippen LogP contribution in [-0.2, 0) is 29.0 Å². The predicted octanol–water partition coefficient (Wildman–Crippen LogP) is 0.105. The van der Waals surface area contributed by atoms with E-state index in [0.29, 0.717) is 12.3 Å². The molecule has 24 heavy (non-hydrogen) atoms. The molecular formula is C15H20N2O6S. The zero-order chi connectivity index (χ0) is 17.3. The molecule has 2 aliphatic rings. The van der Waals surface area contributed by atoms with Gasteiger partial charge in [-0.2, -0.15) is 0 Å². The van der Waals surface area contributed by atoms with Gasteiger partial charge in [0.05, 0.1) is 24.2 Å². The number of carbonyl (C=O) groups excluding carboxylic acids is 1. The van der Waals surface area contributed by atoms with Gasteiger partial charge in [-0.1, -0.05) is 0 Å². The van der Waals surface area contributed by atoms with Crippen LogP contribution in [0.15, 0.2) is 29.2 Å². The Hall–Kier alpha value is -1.52. The van der Waals surface area contributed by atoms with Gasteiger partial charge in [0.25, 0.3) is 0 Å². The number of rotatable bonds is 5. The molecule has 0 bridgehead atoms. The molecule has 2 N–H and O–H groups in total. The van der Waals surface area contributed by atoms with Crippen molar-refractivity contribution < 1.29 is 27.4 Å². The first kappa shape index (κ1) is 17.3. The minimum atomic E-state index is -3.72. The molecule has 0 aromatic heterocycles. The van der Waals surface area contributed by atoms with E-state index in [9.17, 15) is 13.2 Å². The first-order valence-corrected chi connectivity index (χ1v) is 9.05. The van der Waals surface area contributed by atoms with E-state index in [1.165, 1.54) is 31.2 Å². The minimum Gasteiger partial charge on any atom is -0.376 e. The molecule has 2 saturated heterocycles. The van der Waals surface area contributed by atoms with Crippen LogP contribution < -0.4 is 10.0 Å². The first-order valence-electron chi connectivity index (χ1n) is 7.56. The van der Waals surface area contributed by atoms with Gasteiger partial charge < -0.3 is 19.5 Å². The van der Waals surface area contributed by atoms with Crippen LogP contribution in [-0.4, -0.2) is 59.0 Å². The van der Waals surface area contributed by atoms with E-state index in [-0.39, 0.29) is 35.7 Å². The third-order valence-electron chi connectivity index (χ3n) is 4.10. The number of sulfonamides is 1. The summed E-state index contributed by atoms with van der Waals surface area (Å²) < 4.78 is 44.2. The minimum absolute atomic E-state index is 0.112. The summed E-state index contributed by atoms with van der Waals surface area (Å²) in [4.78, 5) is 11.1. The van der Waals surface area contributed by atoms with Crippen molar-refractivity contribution in [2.45, 2.75) is 36.2 Å². The maximum atomic E-state index is 12.5. The second-order valence-corrected chi connectivity index (χ2v) is 7.52. The van der Waals surface area contributed by atoms with Gasteiger partial charge in [-0.25, -0.2) is 13.1 Å². The smallest absolute Gasteiger partial charge is 0.240 e. The second kappa shape index (κ2) is 6.77. The lowest BCUT2D eigenvalue weighted by Gasteiger charge is -2.17. The summed E-state index contributed by atoms with van der Waals surface area (Å²) in [7, 11) is -2.14. The molecule has 0 saturated carbocycles. The highest BCUT2D eigenvalue weighted by molar-refractivity contribution is 7.89. The van der Waals surface area contributed by atoms with Gasteiger partial charge in [-0.15, -0.1) is 0 Å². The van der Waals surface area contributed by atoms with E-state index >= 15 is 0 Å². The molecule has 0 spiro atoms. The maximum absolute atomic E-state index is 12.5. The van der Waals surface area contributed by atoms with Crippen LogP contribution in [0.25, 0.3) is 0 Å². The van der Waals surface area contributed by atoms with E-state index < -0.39 is 16.1 Å². The average molecular weight is 356 g/mol. The summed E-state index contributed by atoms with van der Waals surface area (Å²) >= 11 is 0. The lowest BCUT2D eigenvalue weighted by Crippen LogP contribution is -2.44. The Kier molecular flexibility index (Phi) is 4.88. The second-order valence-electron chi connectivity index (χ2n) is 5.80. The molecule has 2 aliphatic heterocycles. The van der Waals surface area contributed by atoms with Crippen LogP contribution in [0.2, 0.25) is 0 Å². The summed E-state index contributed by atoms with van der Waals surface area (Å²) in [6.07, 6.45) is -0.797. The number of fused-ring (bicyclic) bond motifs is 1. The van der Waals surface area contributed by atoms with Gasteiger partial charge in [0.15, 0.2) is 0 Å². The van der Waals surface area contributed by atoms with E-state index in [1.54, 1.807) is 7.11 Å². The number of anilines is 1. The van der Waals surface area contributed by atoms with Crippen LogP contribution in [0, 0.1) is 0 Å². The Balaban J connectivity index is 1.69. The third kappa shape index (κ3) is 3.45. The van der Waals surface area contributed by atoms with Gasteiger partial charge in [0, 0.05) is 19.7 Å². The summed E-state index contributed by atoms with van der Waals surface area (Å²) in [5.41, 5.74) is 0.535. The highest BCUT2D eigenvalue weighted by Crippen LogP contribution is 2.29. The van der Waals surface area contributed by atoms with E-state index in [0.717, 1.165) is 0 Å². The van der Waals surface area contributed by atoms with E-state index in [2.05, 4.69) is 10.0 Å².